The minimum Gasteiger partial charge on any atom is -0.459 e. The fourth-order valence-electron chi connectivity index (χ4n) is 2.51. The van der Waals surface area contributed by atoms with Crippen molar-refractivity contribution in [2.45, 2.75) is 23.8 Å². The molecule has 1 aromatic carbocycles. The van der Waals surface area contributed by atoms with Gasteiger partial charge in [0.25, 0.3) is 11.8 Å². The molecule has 0 aliphatic heterocycles. The Hall–Kier alpha value is -3.06. The third-order valence-corrected chi connectivity index (χ3v) is 5.19. The molecule has 0 aliphatic carbocycles. The number of aryl methyl sites for hydroxylation is 2. The van der Waals surface area contributed by atoms with Gasteiger partial charge in [-0.05, 0) is 55.3 Å². The summed E-state index contributed by atoms with van der Waals surface area (Å²) in [5.74, 6) is -0.300. The molecule has 0 fully saturated rings. The van der Waals surface area contributed by atoms with Gasteiger partial charge in [0.1, 0.15) is 5.03 Å². The van der Waals surface area contributed by atoms with Crippen LogP contribution < -0.4 is 10.6 Å². The number of hydrogen-bond donors (Lipinski definition) is 2. The number of nitrogens with zero attached hydrogens (tertiary/aromatic N) is 1. The molecule has 2 N–H and O–H groups in total. The fraction of sp³-hybridized carbons (Fsp3) is 0.190. The largest absolute Gasteiger partial charge is 0.459 e. The first-order valence-electron chi connectivity index (χ1n) is 8.84. The zero-order valence-electron chi connectivity index (χ0n) is 15.7. The third kappa shape index (κ3) is 5.01. The maximum atomic E-state index is 12.6. The van der Waals surface area contributed by atoms with Gasteiger partial charge in [0, 0.05) is 24.2 Å². The molecule has 28 heavy (non-hydrogen) atoms. The van der Waals surface area contributed by atoms with Gasteiger partial charge >= 0.3 is 0 Å². The van der Waals surface area contributed by atoms with E-state index in [0.29, 0.717) is 23.7 Å². The number of carbonyl (C=O) groups excluding carboxylic acids is 2. The molecule has 3 aromatic rings. The van der Waals surface area contributed by atoms with Crippen LogP contribution in [0.4, 0.5) is 0 Å². The molecule has 3 rings (SSSR count). The van der Waals surface area contributed by atoms with Crippen molar-refractivity contribution in [3.05, 3.63) is 77.4 Å². The van der Waals surface area contributed by atoms with Crippen LogP contribution in [-0.2, 0) is 0 Å². The van der Waals surface area contributed by atoms with Crippen LogP contribution in [0.2, 0.25) is 0 Å². The summed E-state index contributed by atoms with van der Waals surface area (Å²) >= 11 is 1.47. The van der Waals surface area contributed by atoms with E-state index in [-0.39, 0.29) is 17.6 Å². The number of furan rings is 1. The first-order valence-corrected chi connectivity index (χ1v) is 9.66. The van der Waals surface area contributed by atoms with Gasteiger partial charge < -0.3 is 15.1 Å². The van der Waals surface area contributed by atoms with E-state index in [9.17, 15) is 9.59 Å². The van der Waals surface area contributed by atoms with Crippen molar-refractivity contribution in [1.29, 1.82) is 0 Å². The number of amides is 2. The van der Waals surface area contributed by atoms with Crippen LogP contribution in [0.25, 0.3) is 0 Å². The van der Waals surface area contributed by atoms with E-state index >= 15 is 0 Å². The van der Waals surface area contributed by atoms with E-state index < -0.39 is 0 Å². The van der Waals surface area contributed by atoms with Gasteiger partial charge in [0.05, 0.1) is 11.8 Å². The van der Waals surface area contributed by atoms with Gasteiger partial charge in [-0.1, -0.05) is 23.9 Å². The Morgan fingerprint density at radius 1 is 1.04 bits per heavy atom. The smallest absolute Gasteiger partial charge is 0.287 e. The summed E-state index contributed by atoms with van der Waals surface area (Å²) in [6.07, 6.45) is 3.11. The first kappa shape index (κ1) is 19.7. The Morgan fingerprint density at radius 3 is 2.57 bits per heavy atom. The Bertz CT molecular complexity index is 971. The first-order chi connectivity index (χ1) is 13.5. The molecular formula is C21H21N3O3S. The van der Waals surface area contributed by atoms with Crippen LogP contribution in [0.3, 0.4) is 0 Å². The number of nitrogens with one attached hydrogen (secondary N) is 2. The molecule has 0 spiro atoms. The lowest BCUT2D eigenvalue weighted by Gasteiger charge is -2.11. The topological polar surface area (TPSA) is 84.2 Å². The van der Waals surface area contributed by atoms with Crippen molar-refractivity contribution in [3.8, 4) is 0 Å². The van der Waals surface area contributed by atoms with Crippen molar-refractivity contribution >= 4 is 23.6 Å². The molecule has 0 aliphatic rings. The molecule has 2 heterocycles. The molecule has 0 atom stereocenters. The van der Waals surface area contributed by atoms with E-state index in [4.69, 9.17) is 4.42 Å². The lowest BCUT2D eigenvalue weighted by molar-refractivity contribution is 0.0909. The summed E-state index contributed by atoms with van der Waals surface area (Å²) in [5.41, 5.74) is 2.79. The van der Waals surface area contributed by atoms with Crippen LogP contribution in [0.15, 0.2) is 69.3 Å². The fourth-order valence-corrected chi connectivity index (χ4v) is 3.57. The average molecular weight is 395 g/mol. The summed E-state index contributed by atoms with van der Waals surface area (Å²) < 4.78 is 5.02. The maximum absolute atomic E-state index is 12.6. The quantitative estimate of drug-likeness (QED) is 0.597. The van der Waals surface area contributed by atoms with Gasteiger partial charge in [0.2, 0.25) is 0 Å². The molecule has 0 saturated heterocycles. The number of benzene rings is 1. The SMILES string of the molecule is Cc1ccc(C)c(Sc2ncccc2C(=O)NCCNC(=O)c2ccco2)c1. The minimum absolute atomic E-state index is 0.229. The molecule has 0 radical (unpaired) electrons. The number of carbonyl (C=O) groups is 2. The highest BCUT2D eigenvalue weighted by molar-refractivity contribution is 7.99. The van der Waals surface area contributed by atoms with E-state index in [1.54, 1.807) is 30.5 Å². The molecular weight excluding hydrogens is 374 g/mol. The molecule has 7 heteroatoms. The Labute approximate surface area is 167 Å². The standard InChI is InChI=1S/C21H21N3O3S/c1-14-7-8-15(2)18(13-14)28-21-16(5-3-9-24-21)19(25)22-10-11-23-20(26)17-6-4-12-27-17/h3-9,12-13H,10-11H2,1-2H3,(H,22,25)(H,23,26). The van der Waals surface area contributed by atoms with E-state index in [0.717, 1.165) is 16.0 Å². The minimum atomic E-state index is -0.313. The van der Waals surface area contributed by atoms with E-state index in [1.165, 1.54) is 18.0 Å². The highest BCUT2D eigenvalue weighted by Crippen LogP contribution is 2.31. The number of hydrogen-bond acceptors (Lipinski definition) is 5. The average Bonchev–Trinajstić information content (AvgIpc) is 3.23. The normalized spacial score (nSPS) is 10.5. The van der Waals surface area contributed by atoms with Gasteiger partial charge in [-0.15, -0.1) is 0 Å². The highest BCUT2D eigenvalue weighted by Gasteiger charge is 2.14. The number of pyridine rings is 1. The summed E-state index contributed by atoms with van der Waals surface area (Å²) in [7, 11) is 0. The molecule has 6 nitrogen and oxygen atoms in total. The summed E-state index contributed by atoms with van der Waals surface area (Å²) in [4.78, 5) is 29.8. The number of rotatable bonds is 7. The van der Waals surface area contributed by atoms with Crippen LogP contribution in [-0.4, -0.2) is 29.9 Å². The molecule has 0 saturated carbocycles. The zero-order valence-corrected chi connectivity index (χ0v) is 16.5. The Kier molecular flexibility index (Phi) is 6.49. The molecule has 0 bridgehead atoms. The van der Waals surface area contributed by atoms with Crippen molar-refractivity contribution in [3.63, 3.8) is 0 Å². The van der Waals surface area contributed by atoms with Crippen molar-refractivity contribution < 1.29 is 14.0 Å². The predicted molar refractivity (Wildman–Crippen MR) is 108 cm³/mol. The zero-order chi connectivity index (χ0) is 19.9. The molecule has 144 valence electrons. The third-order valence-electron chi connectivity index (χ3n) is 4.01. The molecule has 0 unspecified atom stereocenters. The van der Waals surface area contributed by atoms with Crippen LogP contribution >= 0.6 is 11.8 Å². The summed E-state index contributed by atoms with van der Waals surface area (Å²) in [6.45, 7) is 4.66. The second-order valence-electron chi connectivity index (χ2n) is 6.22. The van der Waals surface area contributed by atoms with E-state index in [2.05, 4.69) is 33.8 Å². The second kappa shape index (κ2) is 9.23. The maximum Gasteiger partial charge on any atom is 0.287 e. The Balaban J connectivity index is 1.59. The van der Waals surface area contributed by atoms with Crippen molar-refractivity contribution in [2.24, 2.45) is 0 Å². The Morgan fingerprint density at radius 2 is 1.82 bits per heavy atom. The van der Waals surface area contributed by atoms with Gasteiger partial charge in [-0.25, -0.2) is 4.98 Å². The lowest BCUT2D eigenvalue weighted by atomic mass is 10.2. The van der Waals surface area contributed by atoms with Gasteiger partial charge in [0.15, 0.2) is 5.76 Å². The van der Waals surface area contributed by atoms with Crippen molar-refractivity contribution in [1.82, 2.24) is 15.6 Å². The summed E-state index contributed by atoms with van der Waals surface area (Å²) in [6, 6.07) is 12.9. The van der Waals surface area contributed by atoms with Crippen molar-refractivity contribution in [2.75, 3.05) is 13.1 Å². The van der Waals surface area contributed by atoms with Crippen LogP contribution in [0.5, 0.6) is 0 Å². The van der Waals surface area contributed by atoms with Crippen LogP contribution in [0, 0.1) is 13.8 Å². The highest BCUT2D eigenvalue weighted by atomic mass is 32.2. The van der Waals surface area contributed by atoms with Gasteiger partial charge in [-0.3, -0.25) is 9.59 Å². The molecule has 2 amide bonds. The van der Waals surface area contributed by atoms with Gasteiger partial charge in [-0.2, -0.15) is 0 Å². The predicted octanol–water partition coefficient (Wildman–Crippen LogP) is 3.60. The number of aromatic nitrogens is 1. The van der Waals surface area contributed by atoms with E-state index in [1.807, 2.05) is 13.8 Å². The molecule has 2 aromatic heterocycles. The van der Waals surface area contributed by atoms with Crippen LogP contribution in [0.1, 0.15) is 32.0 Å². The second-order valence-corrected chi connectivity index (χ2v) is 7.25. The monoisotopic (exact) mass is 395 g/mol. The summed E-state index contributed by atoms with van der Waals surface area (Å²) in [5, 5.41) is 6.15. The lowest BCUT2D eigenvalue weighted by Crippen LogP contribution is -2.34.